The number of benzene rings is 2. The summed E-state index contributed by atoms with van der Waals surface area (Å²) < 4.78 is 17.3. The molecule has 2 aromatic carbocycles. The lowest BCUT2D eigenvalue weighted by Gasteiger charge is -2.33. The van der Waals surface area contributed by atoms with E-state index in [0.29, 0.717) is 19.7 Å². The second-order valence-corrected chi connectivity index (χ2v) is 11.1. The molecule has 1 aliphatic rings. The van der Waals surface area contributed by atoms with Gasteiger partial charge in [0, 0.05) is 45.7 Å². The second kappa shape index (κ2) is 17.7. The van der Waals surface area contributed by atoms with Crippen LogP contribution >= 0.6 is 0 Å². The number of aliphatic hydroxyl groups is 1. The van der Waals surface area contributed by atoms with Crippen molar-refractivity contribution < 1.29 is 34.0 Å². The van der Waals surface area contributed by atoms with Crippen molar-refractivity contribution in [3.05, 3.63) is 64.7 Å². The highest BCUT2D eigenvalue weighted by Crippen LogP contribution is 2.32. The smallest absolute Gasteiger partial charge is 0.323 e. The van der Waals surface area contributed by atoms with E-state index in [9.17, 15) is 14.7 Å². The maximum atomic E-state index is 11.7. The Morgan fingerprint density at radius 3 is 2.50 bits per heavy atom. The fourth-order valence-electron chi connectivity index (χ4n) is 4.72. The Kier molecular flexibility index (Phi) is 14.0. The van der Waals surface area contributed by atoms with Crippen LogP contribution in [0.15, 0.2) is 42.5 Å². The number of aryl methyl sites for hydroxylation is 1. The lowest BCUT2D eigenvalue weighted by Crippen LogP contribution is -2.38. The Bertz CT molecular complexity index is 1130. The minimum absolute atomic E-state index is 0.354. The van der Waals surface area contributed by atoms with Crippen LogP contribution in [0.4, 0.5) is 4.79 Å². The van der Waals surface area contributed by atoms with Gasteiger partial charge >= 0.3 is 12.0 Å². The summed E-state index contributed by atoms with van der Waals surface area (Å²) in [7, 11) is 0. The van der Waals surface area contributed by atoms with Gasteiger partial charge in [0.1, 0.15) is 12.3 Å². The van der Waals surface area contributed by atoms with Gasteiger partial charge in [0.25, 0.3) is 0 Å². The molecule has 10 heteroatoms. The number of rotatable bonds is 19. The normalized spacial score (nSPS) is 14.5. The summed E-state index contributed by atoms with van der Waals surface area (Å²) in [6.45, 7) is 7.09. The van der Waals surface area contributed by atoms with Crippen molar-refractivity contribution in [3.63, 3.8) is 0 Å². The Labute approximate surface area is 249 Å². The van der Waals surface area contributed by atoms with Crippen LogP contribution in [0.2, 0.25) is 0 Å². The average molecular weight is 586 g/mol. The minimum Gasteiger partial charge on any atom is -0.480 e. The predicted octanol–water partition coefficient (Wildman–Crippen LogP) is 4.44. The molecule has 3 rings (SSSR count). The van der Waals surface area contributed by atoms with Gasteiger partial charge < -0.3 is 40.4 Å². The van der Waals surface area contributed by atoms with Crippen molar-refractivity contribution in [3.8, 4) is 5.75 Å². The third-order valence-electron chi connectivity index (χ3n) is 7.07. The summed E-state index contributed by atoms with van der Waals surface area (Å²) in [4.78, 5) is 22.3. The molecule has 0 bridgehead atoms. The van der Waals surface area contributed by atoms with Crippen molar-refractivity contribution in [2.75, 3.05) is 32.8 Å². The van der Waals surface area contributed by atoms with Crippen molar-refractivity contribution in [1.82, 2.24) is 16.0 Å². The topological polar surface area (TPSA) is 138 Å². The standard InChI is InChI=1S/C32H47N3O7/c1-32(2)41-23-27-19-25(14-15-29(27)42-32)28(36)21-33-16-8-3-4-9-17-40-18-10-7-12-24-11-5-6-13-26(24)20-34-31(39)35-22-30(37)38/h5-6,11,13-15,19,28,33,36H,3-4,7-10,12,16-18,20-23H2,1-2H3,(H,37,38)(H2,34,35,39)/t28-/m1/s1. The number of carboxylic acids is 1. The zero-order chi connectivity index (χ0) is 30.2. The largest absolute Gasteiger partial charge is 0.480 e. The monoisotopic (exact) mass is 585 g/mol. The zero-order valence-corrected chi connectivity index (χ0v) is 25.0. The molecule has 0 saturated carbocycles. The van der Waals surface area contributed by atoms with Crippen molar-refractivity contribution in [2.24, 2.45) is 0 Å². The van der Waals surface area contributed by atoms with Gasteiger partial charge in [-0.2, -0.15) is 0 Å². The number of aliphatic carboxylic acids is 1. The van der Waals surface area contributed by atoms with Crippen LogP contribution in [0.1, 0.15) is 80.7 Å². The number of urea groups is 1. The first-order valence-corrected chi connectivity index (χ1v) is 15.0. The number of carbonyl (C=O) groups excluding carboxylic acids is 1. The SMILES string of the molecule is CC1(C)OCc2cc([C@H](O)CNCCCCCCOCCCCc3ccccc3CNC(=O)NCC(=O)O)ccc2O1. The maximum Gasteiger partial charge on any atom is 0.323 e. The van der Waals surface area contributed by atoms with Gasteiger partial charge in [0.2, 0.25) is 5.79 Å². The quantitative estimate of drug-likeness (QED) is 0.153. The molecule has 0 spiro atoms. The van der Waals surface area contributed by atoms with Crippen molar-refractivity contribution >= 4 is 12.0 Å². The van der Waals surface area contributed by atoms with Crippen molar-refractivity contribution in [2.45, 2.75) is 83.8 Å². The Morgan fingerprint density at radius 2 is 1.71 bits per heavy atom. The number of aliphatic hydroxyl groups excluding tert-OH is 1. The number of amides is 2. The number of unbranched alkanes of at least 4 members (excludes halogenated alkanes) is 4. The lowest BCUT2D eigenvalue weighted by molar-refractivity contribution is -0.180. The van der Waals surface area contributed by atoms with E-state index in [-0.39, 0.29) is 0 Å². The molecule has 5 N–H and O–H groups in total. The number of carbonyl (C=O) groups is 2. The van der Waals surface area contributed by atoms with E-state index in [4.69, 9.17) is 19.3 Å². The minimum atomic E-state index is -1.08. The fraction of sp³-hybridized carbons (Fsp3) is 0.562. The molecule has 2 aromatic rings. The molecule has 1 heterocycles. The summed E-state index contributed by atoms with van der Waals surface area (Å²) in [5.74, 6) is -0.882. The van der Waals surface area contributed by atoms with Gasteiger partial charge in [-0.15, -0.1) is 0 Å². The van der Waals surface area contributed by atoms with E-state index >= 15 is 0 Å². The van der Waals surface area contributed by atoms with Crippen LogP contribution in [0.25, 0.3) is 0 Å². The highest BCUT2D eigenvalue weighted by Gasteiger charge is 2.27. The van der Waals surface area contributed by atoms with Crippen LogP contribution < -0.4 is 20.7 Å². The van der Waals surface area contributed by atoms with Crippen LogP contribution in [0.5, 0.6) is 5.75 Å². The molecular weight excluding hydrogens is 538 g/mol. The number of carboxylic acid groups (broad SMARTS) is 1. The van der Waals surface area contributed by atoms with Gasteiger partial charge in [-0.3, -0.25) is 4.79 Å². The molecule has 0 saturated heterocycles. The van der Waals surface area contributed by atoms with Crippen LogP contribution in [0.3, 0.4) is 0 Å². The zero-order valence-electron chi connectivity index (χ0n) is 25.0. The van der Waals surface area contributed by atoms with E-state index in [1.54, 1.807) is 0 Å². The van der Waals surface area contributed by atoms with Crippen LogP contribution in [0, 0.1) is 0 Å². The number of hydrogen-bond acceptors (Lipinski definition) is 7. The van der Waals surface area contributed by atoms with Gasteiger partial charge in [-0.05, 0) is 67.5 Å². The highest BCUT2D eigenvalue weighted by atomic mass is 16.7. The van der Waals surface area contributed by atoms with Gasteiger partial charge in [0.15, 0.2) is 0 Å². The number of hydrogen-bond donors (Lipinski definition) is 5. The molecule has 0 unspecified atom stereocenters. The summed E-state index contributed by atoms with van der Waals surface area (Å²) in [6, 6.07) is 13.2. The molecule has 0 aliphatic carbocycles. The first-order valence-electron chi connectivity index (χ1n) is 15.0. The predicted molar refractivity (Wildman–Crippen MR) is 160 cm³/mol. The molecule has 0 fully saturated rings. The average Bonchev–Trinajstić information content (AvgIpc) is 2.97. The molecule has 1 aliphatic heterocycles. The van der Waals surface area contributed by atoms with Crippen LogP contribution in [-0.4, -0.2) is 60.8 Å². The van der Waals surface area contributed by atoms with Crippen molar-refractivity contribution in [1.29, 1.82) is 0 Å². The van der Waals surface area contributed by atoms with E-state index in [1.807, 2.05) is 50.2 Å². The molecule has 0 aromatic heterocycles. The van der Waals surface area contributed by atoms with Gasteiger partial charge in [-0.25, -0.2) is 4.79 Å². The molecule has 0 radical (unpaired) electrons. The number of nitrogens with one attached hydrogen (secondary N) is 3. The summed E-state index contributed by atoms with van der Waals surface area (Å²) in [5.41, 5.74) is 4.03. The van der Waals surface area contributed by atoms with E-state index in [2.05, 4.69) is 22.0 Å². The maximum absolute atomic E-state index is 11.7. The summed E-state index contributed by atoms with van der Waals surface area (Å²) in [5, 5.41) is 27.5. The highest BCUT2D eigenvalue weighted by molar-refractivity contribution is 5.79. The third kappa shape index (κ3) is 12.4. The van der Waals surface area contributed by atoms with Gasteiger partial charge in [0.05, 0.1) is 12.7 Å². The first-order chi connectivity index (χ1) is 20.2. The Hall–Kier alpha value is -3.18. The molecule has 232 valence electrons. The molecule has 10 nitrogen and oxygen atoms in total. The lowest BCUT2D eigenvalue weighted by atomic mass is 10.0. The Balaban J connectivity index is 1.16. The Morgan fingerprint density at radius 1 is 0.976 bits per heavy atom. The third-order valence-corrected chi connectivity index (χ3v) is 7.07. The van der Waals surface area contributed by atoms with E-state index < -0.39 is 30.4 Å². The van der Waals surface area contributed by atoms with E-state index in [1.165, 1.54) is 5.56 Å². The number of ether oxygens (including phenoxy) is 3. The summed E-state index contributed by atoms with van der Waals surface area (Å²) in [6.07, 6.45) is 6.62. The van der Waals surface area contributed by atoms with E-state index in [0.717, 1.165) is 87.1 Å². The first kappa shape index (κ1) is 33.3. The van der Waals surface area contributed by atoms with Crippen LogP contribution in [-0.2, 0) is 33.8 Å². The molecule has 2 amide bonds. The van der Waals surface area contributed by atoms with Gasteiger partial charge in [-0.1, -0.05) is 43.2 Å². The molecule has 42 heavy (non-hydrogen) atoms. The molecular formula is C32H47N3O7. The second-order valence-electron chi connectivity index (χ2n) is 11.1. The fourth-order valence-corrected chi connectivity index (χ4v) is 4.72. The molecule has 1 atom stereocenters. The summed E-state index contributed by atoms with van der Waals surface area (Å²) >= 11 is 0. The number of fused-ring (bicyclic) bond motifs is 1.